The van der Waals surface area contributed by atoms with E-state index >= 15 is 0 Å². The predicted octanol–water partition coefficient (Wildman–Crippen LogP) is 4.19. The van der Waals surface area contributed by atoms with Crippen LogP contribution in [0.2, 0.25) is 5.02 Å². The van der Waals surface area contributed by atoms with E-state index in [1.807, 2.05) is 0 Å². The summed E-state index contributed by atoms with van der Waals surface area (Å²) >= 11 is 6.76. The van der Waals surface area contributed by atoms with Gasteiger partial charge in [-0.15, -0.1) is 0 Å². The number of nitrogen functional groups attached to an aromatic ring is 1. The first-order valence-corrected chi connectivity index (χ1v) is 6.82. The molecule has 0 aliphatic carbocycles. The lowest BCUT2D eigenvalue weighted by molar-refractivity contribution is -0.137. The standard InChI is InChI=1S/C13H9ClF3N3S/c14-7-1-4-11(20-6-7)21-8-2-3-9(12(18)19)10(5-8)13(15,16)17/h1-6H,(H3,18,19). The number of aromatic nitrogens is 1. The molecular formula is C13H9ClF3N3S. The van der Waals surface area contributed by atoms with Gasteiger partial charge < -0.3 is 5.73 Å². The van der Waals surface area contributed by atoms with E-state index in [4.69, 9.17) is 22.7 Å². The number of nitrogens with one attached hydrogen (secondary N) is 1. The minimum atomic E-state index is -4.58. The molecule has 0 bridgehead atoms. The van der Waals surface area contributed by atoms with Crippen LogP contribution in [0, 0.1) is 5.41 Å². The minimum absolute atomic E-state index is 0.337. The van der Waals surface area contributed by atoms with Gasteiger partial charge in [-0.3, -0.25) is 5.41 Å². The molecule has 2 rings (SSSR count). The van der Waals surface area contributed by atoms with Crippen LogP contribution >= 0.6 is 23.4 Å². The number of benzene rings is 1. The second kappa shape index (κ2) is 5.95. The molecule has 3 nitrogen and oxygen atoms in total. The number of amidine groups is 1. The molecule has 21 heavy (non-hydrogen) atoms. The van der Waals surface area contributed by atoms with Crippen LogP contribution in [0.1, 0.15) is 11.1 Å². The number of nitrogens with two attached hydrogens (primary N) is 1. The van der Waals surface area contributed by atoms with E-state index in [0.29, 0.717) is 14.9 Å². The lowest BCUT2D eigenvalue weighted by Crippen LogP contribution is -2.18. The van der Waals surface area contributed by atoms with Crippen molar-refractivity contribution in [3.8, 4) is 0 Å². The van der Waals surface area contributed by atoms with E-state index < -0.39 is 17.6 Å². The summed E-state index contributed by atoms with van der Waals surface area (Å²) < 4.78 is 39.0. The first-order valence-electron chi connectivity index (χ1n) is 5.62. The van der Waals surface area contributed by atoms with Crippen LogP contribution in [0.4, 0.5) is 13.2 Å². The van der Waals surface area contributed by atoms with Gasteiger partial charge in [0.1, 0.15) is 10.9 Å². The van der Waals surface area contributed by atoms with Crippen LogP contribution in [0.3, 0.4) is 0 Å². The van der Waals surface area contributed by atoms with E-state index in [-0.39, 0.29) is 5.56 Å². The van der Waals surface area contributed by atoms with Crippen LogP contribution in [-0.2, 0) is 6.18 Å². The summed E-state index contributed by atoms with van der Waals surface area (Å²) in [5, 5.41) is 8.18. The number of rotatable bonds is 3. The second-order valence-corrected chi connectivity index (χ2v) is 5.57. The van der Waals surface area contributed by atoms with Gasteiger partial charge in [-0.2, -0.15) is 13.2 Å². The van der Waals surface area contributed by atoms with E-state index in [0.717, 1.165) is 17.8 Å². The summed E-state index contributed by atoms with van der Waals surface area (Å²) in [6.07, 6.45) is -3.16. The molecule has 0 saturated heterocycles. The zero-order valence-electron chi connectivity index (χ0n) is 10.4. The monoisotopic (exact) mass is 331 g/mol. The van der Waals surface area contributed by atoms with Gasteiger partial charge in [0.05, 0.1) is 10.6 Å². The minimum Gasteiger partial charge on any atom is -0.384 e. The smallest absolute Gasteiger partial charge is 0.384 e. The SMILES string of the molecule is N=C(N)c1ccc(Sc2ccc(Cl)cn2)cc1C(F)(F)F. The van der Waals surface area contributed by atoms with Gasteiger partial charge in [-0.05, 0) is 30.3 Å². The second-order valence-electron chi connectivity index (χ2n) is 4.04. The van der Waals surface area contributed by atoms with Gasteiger partial charge >= 0.3 is 6.18 Å². The third-order valence-electron chi connectivity index (χ3n) is 2.51. The van der Waals surface area contributed by atoms with Crippen molar-refractivity contribution in [3.63, 3.8) is 0 Å². The topological polar surface area (TPSA) is 62.8 Å². The number of alkyl halides is 3. The van der Waals surface area contributed by atoms with E-state index in [9.17, 15) is 13.2 Å². The van der Waals surface area contributed by atoms with Crippen LogP contribution in [0.5, 0.6) is 0 Å². The highest BCUT2D eigenvalue weighted by Gasteiger charge is 2.34. The molecule has 0 aliphatic rings. The molecule has 8 heteroatoms. The fourth-order valence-corrected chi connectivity index (χ4v) is 2.51. The molecule has 0 fully saturated rings. The first kappa shape index (κ1) is 15.7. The average molecular weight is 332 g/mol. The van der Waals surface area contributed by atoms with Gasteiger partial charge in [0, 0.05) is 16.7 Å². The Balaban J connectivity index is 2.38. The Hall–Kier alpha value is -1.73. The molecule has 0 unspecified atom stereocenters. The molecule has 0 aliphatic heterocycles. The van der Waals surface area contributed by atoms with Gasteiger partial charge in [0.15, 0.2) is 0 Å². The number of halogens is 4. The zero-order chi connectivity index (χ0) is 15.6. The Morgan fingerprint density at radius 1 is 1.24 bits per heavy atom. The maximum absolute atomic E-state index is 13.0. The molecule has 1 heterocycles. The highest BCUT2D eigenvalue weighted by Crippen LogP contribution is 2.36. The Kier molecular flexibility index (Phi) is 4.43. The highest BCUT2D eigenvalue weighted by atomic mass is 35.5. The van der Waals surface area contributed by atoms with Crippen molar-refractivity contribution in [2.24, 2.45) is 5.73 Å². The molecule has 0 saturated carbocycles. The Bertz CT molecular complexity index is 671. The lowest BCUT2D eigenvalue weighted by atomic mass is 10.1. The molecule has 0 spiro atoms. The number of pyridine rings is 1. The van der Waals surface area contributed by atoms with Crippen molar-refractivity contribution < 1.29 is 13.2 Å². The van der Waals surface area contributed by atoms with E-state index in [1.54, 1.807) is 12.1 Å². The van der Waals surface area contributed by atoms with Crippen LogP contribution in [0.25, 0.3) is 0 Å². The van der Waals surface area contributed by atoms with Crippen molar-refractivity contribution in [3.05, 3.63) is 52.7 Å². The molecule has 1 aromatic heterocycles. The van der Waals surface area contributed by atoms with E-state index in [1.165, 1.54) is 18.3 Å². The van der Waals surface area contributed by atoms with Crippen molar-refractivity contribution >= 4 is 29.2 Å². The third kappa shape index (κ3) is 3.89. The van der Waals surface area contributed by atoms with Gasteiger partial charge in [0.2, 0.25) is 0 Å². The normalized spacial score (nSPS) is 11.4. The number of nitrogens with zero attached hydrogens (tertiary/aromatic N) is 1. The summed E-state index contributed by atoms with van der Waals surface area (Å²) in [6, 6.07) is 6.82. The van der Waals surface area contributed by atoms with Crippen molar-refractivity contribution in [2.75, 3.05) is 0 Å². The van der Waals surface area contributed by atoms with Crippen LogP contribution in [-0.4, -0.2) is 10.8 Å². The fourth-order valence-electron chi connectivity index (χ4n) is 1.60. The van der Waals surface area contributed by atoms with E-state index in [2.05, 4.69) is 4.98 Å². The maximum atomic E-state index is 13.0. The molecule has 2 aromatic rings. The van der Waals surface area contributed by atoms with Crippen molar-refractivity contribution in [2.45, 2.75) is 16.1 Å². The Labute approximate surface area is 127 Å². The zero-order valence-corrected chi connectivity index (χ0v) is 12.0. The largest absolute Gasteiger partial charge is 0.417 e. The van der Waals surface area contributed by atoms with Gasteiger partial charge in [-0.25, -0.2) is 4.98 Å². The fraction of sp³-hybridized carbons (Fsp3) is 0.0769. The third-order valence-corrected chi connectivity index (χ3v) is 3.67. The Morgan fingerprint density at radius 2 is 1.95 bits per heavy atom. The summed E-state index contributed by atoms with van der Waals surface area (Å²) in [4.78, 5) is 4.35. The molecular weight excluding hydrogens is 323 g/mol. The molecule has 110 valence electrons. The molecule has 0 atom stereocenters. The van der Waals surface area contributed by atoms with Gasteiger partial charge in [-0.1, -0.05) is 23.4 Å². The first-order chi connectivity index (χ1) is 9.77. The lowest BCUT2D eigenvalue weighted by Gasteiger charge is -2.13. The average Bonchev–Trinajstić information content (AvgIpc) is 2.40. The van der Waals surface area contributed by atoms with Gasteiger partial charge in [0.25, 0.3) is 0 Å². The summed E-state index contributed by atoms with van der Waals surface area (Å²) in [5.41, 5.74) is 3.91. The van der Waals surface area contributed by atoms with Crippen LogP contribution < -0.4 is 5.73 Å². The molecule has 1 aromatic carbocycles. The molecule has 0 radical (unpaired) electrons. The number of hydrogen-bond donors (Lipinski definition) is 2. The Morgan fingerprint density at radius 3 is 2.48 bits per heavy atom. The quantitative estimate of drug-likeness (QED) is 0.655. The highest BCUT2D eigenvalue weighted by molar-refractivity contribution is 7.99. The number of hydrogen-bond acceptors (Lipinski definition) is 3. The van der Waals surface area contributed by atoms with Crippen LogP contribution in [0.15, 0.2) is 46.5 Å². The summed E-state index contributed by atoms with van der Waals surface area (Å²) in [7, 11) is 0. The molecule has 0 amide bonds. The molecule has 3 N–H and O–H groups in total. The summed E-state index contributed by atoms with van der Waals surface area (Å²) in [5.74, 6) is -0.622. The van der Waals surface area contributed by atoms with Crippen molar-refractivity contribution in [1.29, 1.82) is 5.41 Å². The maximum Gasteiger partial charge on any atom is 0.417 e. The predicted molar refractivity (Wildman–Crippen MR) is 75.8 cm³/mol. The summed E-state index contributed by atoms with van der Waals surface area (Å²) in [6.45, 7) is 0. The van der Waals surface area contributed by atoms with Crippen molar-refractivity contribution in [1.82, 2.24) is 4.98 Å².